The Morgan fingerprint density at radius 2 is 1.88 bits per heavy atom. The summed E-state index contributed by atoms with van der Waals surface area (Å²) in [6, 6.07) is 19.0. The largest absolute Gasteiger partial charge is 0.324 e. The summed E-state index contributed by atoms with van der Waals surface area (Å²) in [6.45, 7) is 3.93. The third-order valence-electron chi connectivity index (χ3n) is 4.17. The van der Waals surface area contributed by atoms with Gasteiger partial charge in [0.1, 0.15) is 0 Å². The molecule has 3 aromatic rings. The molecule has 1 N–H and O–H groups in total. The van der Waals surface area contributed by atoms with Crippen LogP contribution in [0.3, 0.4) is 0 Å². The van der Waals surface area contributed by atoms with Gasteiger partial charge in [-0.15, -0.1) is 0 Å². The molecule has 24 heavy (non-hydrogen) atoms. The lowest BCUT2D eigenvalue weighted by Crippen LogP contribution is -2.21. The van der Waals surface area contributed by atoms with Gasteiger partial charge in [0.15, 0.2) is 5.92 Å². The van der Waals surface area contributed by atoms with Crippen molar-refractivity contribution in [2.75, 3.05) is 5.32 Å². The van der Waals surface area contributed by atoms with Crippen molar-refractivity contribution in [1.82, 2.24) is 4.98 Å². The lowest BCUT2D eigenvalue weighted by Gasteiger charge is -2.13. The maximum atomic E-state index is 12.6. The van der Waals surface area contributed by atoms with Gasteiger partial charge in [0.2, 0.25) is 5.91 Å². The minimum Gasteiger partial charge on any atom is -0.324 e. The molecule has 1 amide bonds. The number of rotatable bonds is 3. The number of nitrogens with zero attached hydrogens (tertiary/aromatic N) is 2. The first-order valence-corrected chi connectivity index (χ1v) is 7.72. The van der Waals surface area contributed by atoms with Crippen LogP contribution in [0, 0.1) is 25.2 Å². The van der Waals surface area contributed by atoms with Gasteiger partial charge in [-0.05, 0) is 43.2 Å². The van der Waals surface area contributed by atoms with Crippen molar-refractivity contribution >= 4 is 22.5 Å². The molecule has 0 saturated heterocycles. The first-order chi connectivity index (χ1) is 11.6. The molecule has 0 radical (unpaired) electrons. The number of aromatic nitrogens is 1. The predicted molar refractivity (Wildman–Crippen MR) is 94.6 cm³/mol. The van der Waals surface area contributed by atoms with Gasteiger partial charge < -0.3 is 5.32 Å². The van der Waals surface area contributed by atoms with Crippen LogP contribution in [-0.4, -0.2) is 10.9 Å². The lowest BCUT2D eigenvalue weighted by molar-refractivity contribution is -0.116. The number of aryl methyl sites for hydroxylation is 1. The number of fused-ring (bicyclic) bond motifs is 1. The van der Waals surface area contributed by atoms with E-state index in [2.05, 4.69) is 16.4 Å². The molecule has 0 aliphatic heterocycles. The van der Waals surface area contributed by atoms with Crippen LogP contribution >= 0.6 is 0 Å². The molecule has 118 valence electrons. The van der Waals surface area contributed by atoms with Crippen molar-refractivity contribution in [2.24, 2.45) is 0 Å². The van der Waals surface area contributed by atoms with Crippen molar-refractivity contribution < 1.29 is 4.79 Å². The summed E-state index contributed by atoms with van der Waals surface area (Å²) in [7, 11) is 0. The SMILES string of the molecule is Cc1cccc(NC(=O)C(C#N)c2ccc3ccccc3n2)c1C. The first-order valence-electron chi connectivity index (χ1n) is 7.72. The van der Waals surface area contributed by atoms with E-state index in [0.717, 1.165) is 27.7 Å². The number of hydrogen-bond acceptors (Lipinski definition) is 3. The van der Waals surface area contributed by atoms with Gasteiger partial charge in [-0.25, -0.2) is 0 Å². The number of hydrogen-bond donors (Lipinski definition) is 1. The topological polar surface area (TPSA) is 65.8 Å². The molecule has 1 atom stereocenters. The van der Waals surface area contributed by atoms with E-state index >= 15 is 0 Å². The molecule has 0 aliphatic rings. The Balaban J connectivity index is 1.91. The Hall–Kier alpha value is -3.19. The summed E-state index contributed by atoms with van der Waals surface area (Å²) in [5.74, 6) is -1.32. The van der Waals surface area contributed by atoms with E-state index in [9.17, 15) is 10.1 Å². The maximum Gasteiger partial charge on any atom is 0.247 e. The molecule has 1 heterocycles. The zero-order chi connectivity index (χ0) is 17.1. The van der Waals surface area contributed by atoms with E-state index in [0.29, 0.717) is 5.69 Å². The fourth-order valence-corrected chi connectivity index (χ4v) is 2.59. The third kappa shape index (κ3) is 2.97. The number of amides is 1. The molecular formula is C20H17N3O. The number of benzene rings is 2. The van der Waals surface area contributed by atoms with Crippen LogP contribution in [0.4, 0.5) is 5.69 Å². The molecule has 0 fully saturated rings. The molecule has 2 aromatic carbocycles. The maximum absolute atomic E-state index is 12.6. The number of nitriles is 1. The van der Waals surface area contributed by atoms with Gasteiger partial charge in [0.25, 0.3) is 0 Å². The average Bonchev–Trinajstić information content (AvgIpc) is 2.59. The summed E-state index contributed by atoms with van der Waals surface area (Å²) < 4.78 is 0. The van der Waals surface area contributed by atoms with Crippen LogP contribution in [-0.2, 0) is 4.79 Å². The summed E-state index contributed by atoms with van der Waals surface area (Å²) >= 11 is 0. The van der Waals surface area contributed by atoms with Gasteiger partial charge in [-0.1, -0.05) is 36.4 Å². The average molecular weight is 315 g/mol. The highest BCUT2D eigenvalue weighted by atomic mass is 16.1. The number of pyridine rings is 1. The van der Waals surface area contributed by atoms with Gasteiger partial charge in [0.05, 0.1) is 17.3 Å². The van der Waals surface area contributed by atoms with E-state index in [1.54, 1.807) is 6.07 Å². The number of para-hydroxylation sites is 1. The summed E-state index contributed by atoms with van der Waals surface area (Å²) in [5, 5.41) is 13.3. The highest BCUT2D eigenvalue weighted by Crippen LogP contribution is 2.22. The molecular weight excluding hydrogens is 298 g/mol. The molecule has 3 rings (SSSR count). The highest BCUT2D eigenvalue weighted by molar-refractivity contribution is 5.98. The van der Waals surface area contributed by atoms with E-state index in [4.69, 9.17) is 0 Å². The second-order valence-corrected chi connectivity index (χ2v) is 5.73. The van der Waals surface area contributed by atoms with Crippen molar-refractivity contribution in [2.45, 2.75) is 19.8 Å². The van der Waals surface area contributed by atoms with Crippen molar-refractivity contribution in [1.29, 1.82) is 5.26 Å². The molecule has 1 aromatic heterocycles. The normalized spacial score (nSPS) is 11.7. The number of carbonyl (C=O) groups is 1. The first kappa shape index (κ1) is 15.7. The molecule has 0 aliphatic carbocycles. The molecule has 0 spiro atoms. The van der Waals surface area contributed by atoms with Crippen molar-refractivity contribution in [3.05, 3.63) is 71.4 Å². The smallest absolute Gasteiger partial charge is 0.247 e. The van der Waals surface area contributed by atoms with Crippen LogP contribution in [0.1, 0.15) is 22.7 Å². The van der Waals surface area contributed by atoms with Crippen LogP contribution in [0.2, 0.25) is 0 Å². The fraction of sp³-hybridized carbons (Fsp3) is 0.150. The monoisotopic (exact) mass is 315 g/mol. The fourth-order valence-electron chi connectivity index (χ4n) is 2.59. The lowest BCUT2D eigenvalue weighted by atomic mass is 10.0. The van der Waals surface area contributed by atoms with E-state index in [-0.39, 0.29) is 5.91 Å². The summed E-state index contributed by atoms with van der Waals surface area (Å²) in [6.07, 6.45) is 0. The van der Waals surface area contributed by atoms with Gasteiger partial charge in [0, 0.05) is 11.1 Å². The zero-order valence-corrected chi connectivity index (χ0v) is 13.6. The molecule has 1 unspecified atom stereocenters. The molecule has 0 saturated carbocycles. The zero-order valence-electron chi connectivity index (χ0n) is 13.6. The molecule has 0 bridgehead atoms. The summed E-state index contributed by atoms with van der Waals surface area (Å²) in [4.78, 5) is 17.0. The van der Waals surface area contributed by atoms with E-state index in [1.807, 2.05) is 62.4 Å². The standard InChI is InChI=1S/C20H17N3O/c1-13-6-5-9-17(14(13)2)23-20(24)16(12-21)19-11-10-15-7-3-4-8-18(15)22-19/h3-11,16H,1-2H3,(H,23,24). The Morgan fingerprint density at radius 1 is 1.08 bits per heavy atom. The van der Waals surface area contributed by atoms with Crippen LogP contribution in [0.5, 0.6) is 0 Å². The minimum atomic E-state index is -0.950. The van der Waals surface area contributed by atoms with E-state index < -0.39 is 5.92 Å². The Labute approximate surface area is 140 Å². The minimum absolute atomic E-state index is 0.367. The highest BCUT2D eigenvalue weighted by Gasteiger charge is 2.22. The number of anilines is 1. The van der Waals surface area contributed by atoms with Crippen LogP contribution in [0.25, 0.3) is 10.9 Å². The number of nitrogens with one attached hydrogen (secondary N) is 1. The predicted octanol–water partition coefficient (Wildman–Crippen LogP) is 4.10. The van der Waals surface area contributed by atoms with E-state index in [1.165, 1.54) is 0 Å². The Morgan fingerprint density at radius 3 is 2.67 bits per heavy atom. The third-order valence-corrected chi connectivity index (χ3v) is 4.17. The second kappa shape index (κ2) is 6.51. The Bertz CT molecular complexity index is 957. The summed E-state index contributed by atoms with van der Waals surface area (Å²) in [5.41, 5.74) is 4.04. The molecule has 4 heteroatoms. The second-order valence-electron chi connectivity index (χ2n) is 5.73. The van der Waals surface area contributed by atoms with Crippen molar-refractivity contribution in [3.8, 4) is 6.07 Å². The number of carbonyl (C=O) groups excluding carboxylic acids is 1. The van der Waals surface area contributed by atoms with Crippen LogP contribution in [0.15, 0.2) is 54.6 Å². The van der Waals surface area contributed by atoms with Gasteiger partial charge in [-0.2, -0.15) is 5.26 Å². The molecule has 4 nitrogen and oxygen atoms in total. The quantitative estimate of drug-likeness (QED) is 0.791. The Kier molecular flexibility index (Phi) is 4.26. The van der Waals surface area contributed by atoms with Gasteiger partial charge >= 0.3 is 0 Å². The van der Waals surface area contributed by atoms with Crippen molar-refractivity contribution in [3.63, 3.8) is 0 Å². The van der Waals surface area contributed by atoms with Gasteiger partial charge in [-0.3, -0.25) is 9.78 Å². The van der Waals surface area contributed by atoms with Crippen LogP contribution < -0.4 is 5.32 Å².